The van der Waals surface area contributed by atoms with Gasteiger partial charge in [-0.1, -0.05) is 50.2 Å². The van der Waals surface area contributed by atoms with Crippen molar-refractivity contribution in [1.82, 2.24) is 10.2 Å². The summed E-state index contributed by atoms with van der Waals surface area (Å²) in [5.74, 6) is -0.212. The summed E-state index contributed by atoms with van der Waals surface area (Å²) in [6.07, 6.45) is 0. The summed E-state index contributed by atoms with van der Waals surface area (Å²) in [6, 6.07) is 17.1. The molecule has 0 saturated heterocycles. The molecule has 0 bridgehead atoms. The number of rotatable bonds is 7. The van der Waals surface area contributed by atoms with E-state index in [0.717, 1.165) is 5.56 Å². The Morgan fingerprint density at radius 3 is 2.44 bits per heavy atom. The van der Waals surface area contributed by atoms with Crippen molar-refractivity contribution in [1.29, 1.82) is 0 Å². The lowest BCUT2D eigenvalue weighted by molar-refractivity contribution is -0.115. The van der Waals surface area contributed by atoms with E-state index in [0.29, 0.717) is 17.8 Å². The van der Waals surface area contributed by atoms with Crippen molar-refractivity contribution >= 4 is 17.5 Å². The highest BCUT2D eigenvalue weighted by atomic mass is 16.2. The van der Waals surface area contributed by atoms with E-state index in [1.165, 1.54) is 0 Å². The number of carbonyl (C=O) groups is 2. The number of hydrogen-bond acceptors (Lipinski definition) is 3. The molecule has 5 nitrogen and oxygen atoms in total. The highest BCUT2D eigenvalue weighted by Gasteiger charge is 2.13. The summed E-state index contributed by atoms with van der Waals surface area (Å²) in [4.78, 5) is 26.2. The zero-order valence-electron chi connectivity index (χ0n) is 15.0. The molecule has 0 aliphatic carbocycles. The summed E-state index contributed by atoms with van der Waals surface area (Å²) in [5.41, 5.74) is 2.24. The minimum atomic E-state index is -0.129. The summed E-state index contributed by atoms with van der Waals surface area (Å²) in [7, 11) is 1.77. The minimum absolute atomic E-state index is 0.0831. The van der Waals surface area contributed by atoms with Gasteiger partial charge in [-0.05, 0) is 23.8 Å². The Kier molecular flexibility index (Phi) is 6.71. The first kappa shape index (κ1) is 18.7. The molecule has 0 spiro atoms. The van der Waals surface area contributed by atoms with Crippen LogP contribution in [0.2, 0.25) is 0 Å². The largest absolute Gasteiger partial charge is 0.337 e. The lowest BCUT2D eigenvalue weighted by atomic mass is 10.1. The van der Waals surface area contributed by atoms with E-state index >= 15 is 0 Å². The minimum Gasteiger partial charge on any atom is -0.337 e. The first-order valence-electron chi connectivity index (χ1n) is 8.38. The van der Waals surface area contributed by atoms with E-state index in [-0.39, 0.29) is 24.4 Å². The topological polar surface area (TPSA) is 61.4 Å². The molecule has 2 N–H and O–H groups in total. The lowest BCUT2D eigenvalue weighted by Crippen LogP contribution is -2.32. The smallest absolute Gasteiger partial charge is 0.253 e. The van der Waals surface area contributed by atoms with Crippen LogP contribution in [0.25, 0.3) is 0 Å². The Labute approximate surface area is 149 Å². The highest BCUT2D eigenvalue weighted by Crippen LogP contribution is 2.14. The van der Waals surface area contributed by atoms with Crippen LogP contribution in [-0.4, -0.2) is 36.3 Å². The molecule has 0 heterocycles. The third-order valence-electron chi connectivity index (χ3n) is 3.67. The third kappa shape index (κ3) is 6.04. The van der Waals surface area contributed by atoms with Crippen LogP contribution in [0, 0.1) is 0 Å². The van der Waals surface area contributed by atoms with Crippen LogP contribution < -0.4 is 10.6 Å². The molecular formula is C20H25N3O2. The molecule has 2 amide bonds. The Hall–Kier alpha value is -2.66. The fourth-order valence-corrected chi connectivity index (χ4v) is 2.38. The van der Waals surface area contributed by atoms with Gasteiger partial charge in [-0.25, -0.2) is 0 Å². The van der Waals surface area contributed by atoms with Gasteiger partial charge in [-0.3, -0.25) is 9.59 Å². The quantitative estimate of drug-likeness (QED) is 0.815. The molecule has 2 aromatic rings. The zero-order valence-corrected chi connectivity index (χ0v) is 15.0. The Bertz CT molecular complexity index is 714. The van der Waals surface area contributed by atoms with Crippen molar-refractivity contribution < 1.29 is 9.59 Å². The van der Waals surface area contributed by atoms with Crippen molar-refractivity contribution in [3.63, 3.8) is 0 Å². The Balaban J connectivity index is 1.99. The van der Waals surface area contributed by atoms with Crippen LogP contribution in [0.1, 0.15) is 29.8 Å². The number of nitrogens with zero attached hydrogens (tertiary/aromatic N) is 1. The summed E-state index contributed by atoms with van der Waals surface area (Å²) in [5, 5.41) is 5.87. The summed E-state index contributed by atoms with van der Waals surface area (Å²) in [6.45, 7) is 4.74. The van der Waals surface area contributed by atoms with Gasteiger partial charge in [0.1, 0.15) is 0 Å². The van der Waals surface area contributed by atoms with E-state index in [1.54, 1.807) is 36.2 Å². The fourth-order valence-electron chi connectivity index (χ4n) is 2.38. The fraction of sp³-hybridized carbons (Fsp3) is 0.300. The second-order valence-electron chi connectivity index (χ2n) is 6.31. The number of hydrogen-bond donors (Lipinski definition) is 2. The molecule has 0 unspecified atom stereocenters. The van der Waals surface area contributed by atoms with Crippen LogP contribution in [-0.2, 0) is 11.3 Å². The molecule has 0 aliphatic rings. The van der Waals surface area contributed by atoms with Gasteiger partial charge in [0, 0.05) is 30.9 Å². The molecule has 0 atom stereocenters. The molecular weight excluding hydrogens is 314 g/mol. The zero-order chi connectivity index (χ0) is 18.2. The highest BCUT2D eigenvalue weighted by molar-refractivity contribution is 5.97. The van der Waals surface area contributed by atoms with Gasteiger partial charge in [0.15, 0.2) is 0 Å². The van der Waals surface area contributed by atoms with Gasteiger partial charge in [-0.2, -0.15) is 0 Å². The lowest BCUT2D eigenvalue weighted by Gasteiger charge is -2.18. The van der Waals surface area contributed by atoms with Crippen molar-refractivity contribution in [2.75, 3.05) is 18.9 Å². The normalized spacial score (nSPS) is 10.6. The molecule has 0 aliphatic heterocycles. The van der Waals surface area contributed by atoms with Gasteiger partial charge in [0.25, 0.3) is 5.91 Å². The average molecular weight is 339 g/mol. The third-order valence-corrected chi connectivity index (χ3v) is 3.67. The maximum Gasteiger partial charge on any atom is 0.253 e. The monoisotopic (exact) mass is 339 g/mol. The van der Waals surface area contributed by atoms with Gasteiger partial charge in [0.2, 0.25) is 5.91 Å². The van der Waals surface area contributed by atoms with Gasteiger partial charge < -0.3 is 15.5 Å². The number of carbonyl (C=O) groups excluding carboxylic acids is 2. The van der Waals surface area contributed by atoms with Crippen LogP contribution in [0.5, 0.6) is 0 Å². The molecule has 5 heteroatoms. The maximum absolute atomic E-state index is 12.6. The average Bonchev–Trinajstić information content (AvgIpc) is 2.60. The predicted molar refractivity (Wildman–Crippen MR) is 100 cm³/mol. The van der Waals surface area contributed by atoms with Crippen LogP contribution in [0.15, 0.2) is 54.6 Å². The standard InChI is InChI=1S/C20H25N3O2/c1-15(2)21-13-19(24)22-18-11-7-10-17(12-18)20(25)23(3)14-16-8-5-4-6-9-16/h4-12,15,21H,13-14H2,1-3H3,(H,22,24). The number of nitrogens with one attached hydrogen (secondary N) is 2. The van der Waals surface area contributed by atoms with Crippen LogP contribution >= 0.6 is 0 Å². The predicted octanol–water partition coefficient (Wildman–Crippen LogP) is 2.90. The molecule has 0 radical (unpaired) electrons. The van der Waals surface area contributed by atoms with Crippen LogP contribution in [0.3, 0.4) is 0 Å². The molecule has 132 valence electrons. The van der Waals surface area contributed by atoms with E-state index in [1.807, 2.05) is 44.2 Å². The first-order chi connectivity index (χ1) is 12.0. The van der Waals surface area contributed by atoms with E-state index in [9.17, 15) is 9.59 Å². The van der Waals surface area contributed by atoms with Crippen molar-refractivity contribution in [3.8, 4) is 0 Å². The summed E-state index contributed by atoms with van der Waals surface area (Å²) >= 11 is 0. The number of benzene rings is 2. The maximum atomic E-state index is 12.6. The Morgan fingerprint density at radius 2 is 1.76 bits per heavy atom. The molecule has 25 heavy (non-hydrogen) atoms. The number of amides is 2. The van der Waals surface area contributed by atoms with E-state index in [2.05, 4.69) is 10.6 Å². The van der Waals surface area contributed by atoms with Crippen LogP contribution in [0.4, 0.5) is 5.69 Å². The second kappa shape index (κ2) is 8.99. The molecule has 0 saturated carbocycles. The van der Waals surface area contributed by atoms with Crippen molar-refractivity contribution in [2.24, 2.45) is 0 Å². The van der Waals surface area contributed by atoms with Gasteiger partial charge in [0.05, 0.1) is 6.54 Å². The molecule has 2 aromatic carbocycles. The van der Waals surface area contributed by atoms with E-state index < -0.39 is 0 Å². The molecule has 0 aromatic heterocycles. The SMILES string of the molecule is CC(C)NCC(=O)Nc1cccc(C(=O)N(C)Cc2ccccc2)c1. The molecule has 2 rings (SSSR count). The summed E-state index contributed by atoms with van der Waals surface area (Å²) < 4.78 is 0. The van der Waals surface area contributed by atoms with Crippen molar-refractivity contribution in [2.45, 2.75) is 26.4 Å². The van der Waals surface area contributed by atoms with Gasteiger partial charge >= 0.3 is 0 Å². The molecule has 0 fully saturated rings. The van der Waals surface area contributed by atoms with Crippen molar-refractivity contribution in [3.05, 3.63) is 65.7 Å². The number of anilines is 1. The Morgan fingerprint density at radius 1 is 1.04 bits per heavy atom. The van der Waals surface area contributed by atoms with Gasteiger partial charge in [-0.15, -0.1) is 0 Å². The van der Waals surface area contributed by atoms with E-state index in [4.69, 9.17) is 0 Å². The first-order valence-corrected chi connectivity index (χ1v) is 8.38. The second-order valence-corrected chi connectivity index (χ2v) is 6.31.